The lowest BCUT2D eigenvalue weighted by molar-refractivity contribution is 0.0695. The van der Waals surface area contributed by atoms with Gasteiger partial charge in [-0.2, -0.15) is 4.98 Å². The second kappa shape index (κ2) is 5.46. The van der Waals surface area contributed by atoms with Gasteiger partial charge in [-0.3, -0.25) is 0 Å². The summed E-state index contributed by atoms with van der Waals surface area (Å²) in [5.74, 6) is -0.440. The van der Waals surface area contributed by atoms with E-state index in [1.165, 1.54) is 6.20 Å². The van der Waals surface area contributed by atoms with E-state index >= 15 is 0 Å². The molecule has 0 aliphatic carbocycles. The second-order valence-corrected chi connectivity index (χ2v) is 4.86. The summed E-state index contributed by atoms with van der Waals surface area (Å²) in [6.45, 7) is 5.33. The van der Waals surface area contributed by atoms with Crippen LogP contribution in [0.3, 0.4) is 0 Å². The number of carboxylic acids is 1. The number of carboxylic acid groups (broad SMARTS) is 1. The highest BCUT2D eigenvalue weighted by Gasteiger charge is 2.13. The number of carbonyl (C=O) groups is 1. The summed E-state index contributed by atoms with van der Waals surface area (Å²) in [7, 11) is 0. The Labute approximate surface area is 121 Å². The standard InChI is InChI=1S/C14H13ClN2O3/c1-7-4-10(15)5-8(2)12(7)20-14-16-6-11(13(18)19)9(3)17-14/h4-6H,1-3H3,(H,18,19). The van der Waals surface area contributed by atoms with Gasteiger partial charge in [0.2, 0.25) is 0 Å². The van der Waals surface area contributed by atoms with Gasteiger partial charge < -0.3 is 9.84 Å². The first-order valence-corrected chi connectivity index (χ1v) is 6.28. The van der Waals surface area contributed by atoms with Crippen LogP contribution in [0.15, 0.2) is 18.3 Å². The van der Waals surface area contributed by atoms with Gasteiger partial charge in [0.05, 0.1) is 11.3 Å². The third kappa shape index (κ3) is 2.88. The Kier molecular flexibility index (Phi) is 3.90. The van der Waals surface area contributed by atoms with E-state index in [0.717, 1.165) is 11.1 Å². The van der Waals surface area contributed by atoms with Gasteiger partial charge in [-0.1, -0.05) is 11.6 Å². The monoisotopic (exact) mass is 292 g/mol. The zero-order valence-corrected chi connectivity index (χ0v) is 12.0. The van der Waals surface area contributed by atoms with Crippen molar-refractivity contribution in [3.05, 3.63) is 45.7 Å². The molecule has 0 bridgehead atoms. The average Bonchev–Trinajstić information content (AvgIpc) is 2.33. The molecule has 0 saturated carbocycles. The molecule has 0 saturated heterocycles. The molecule has 0 fully saturated rings. The number of aromatic nitrogens is 2. The van der Waals surface area contributed by atoms with E-state index in [1.54, 1.807) is 19.1 Å². The van der Waals surface area contributed by atoms with Crippen LogP contribution in [-0.4, -0.2) is 21.0 Å². The summed E-state index contributed by atoms with van der Waals surface area (Å²) in [5.41, 5.74) is 2.13. The molecule has 2 aromatic rings. The third-order valence-corrected chi connectivity index (χ3v) is 3.02. The number of nitrogens with zero attached hydrogens (tertiary/aromatic N) is 2. The number of halogens is 1. The largest absolute Gasteiger partial charge is 0.478 e. The molecule has 1 aromatic heterocycles. The molecule has 0 unspecified atom stereocenters. The average molecular weight is 293 g/mol. The van der Waals surface area contributed by atoms with Crippen molar-refractivity contribution in [2.75, 3.05) is 0 Å². The zero-order chi connectivity index (χ0) is 14.9. The Morgan fingerprint density at radius 3 is 2.35 bits per heavy atom. The van der Waals surface area contributed by atoms with E-state index in [2.05, 4.69) is 9.97 Å². The number of benzene rings is 1. The van der Waals surface area contributed by atoms with Crippen LogP contribution in [0.25, 0.3) is 0 Å². The van der Waals surface area contributed by atoms with Crippen molar-refractivity contribution in [3.63, 3.8) is 0 Å². The molecule has 104 valence electrons. The van der Waals surface area contributed by atoms with Gasteiger partial charge in [-0.15, -0.1) is 0 Å². The Morgan fingerprint density at radius 1 is 1.25 bits per heavy atom. The van der Waals surface area contributed by atoms with Crippen LogP contribution in [0.2, 0.25) is 5.02 Å². The van der Waals surface area contributed by atoms with Crippen molar-refractivity contribution >= 4 is 17.6 Å². The minimum absolute atomic E-state index is 0.0573. The van der Waals surface area contributed by atoms with Crippen LogP contribution in [0, 0.1) is 20.8 Å². The molecule has 1 aromatic carbocycles. The highest BCUT2D eigenvalue weighted by atomic mass is 35.5. The van der Waals surface area contributed by atoms with Gasteiger partial charge in [0.25, 0.3) is 0 Å². The maximum absolute atomic E-state index is 10.9. The van der Waals surface area contributed by atoms with Gasteiger partial charge in [-0.05, 0) is 44.0 Å². The normalized spacial score (nSPS) is 10.4. The number of ether oxygens (including phenoxy) is 1. The molecule has 0 atom stereocenters. The first-order chi connectivity index (χ1) is 9.38. The molecular formula is C14H13ClN2O3. The first kappa shape index (κ1) is 14.3. The molecule has 0 radical (unpaired) electrons. The summed E-state index contributed by atoms with van der Waals surface area (Å²) in [4.78, 5) is 18.9. The molecule has 20 heavy (non-hydrogen) atoms. The van der Waals surface area contributed by atoms with Crippen molar-refractivity contribution in [2.45, 2.75) is 20.8 Å². The van der Waals surface area contributed by atoms with Crippen LogP contribution in [-0.2, 0) is 0 Å². The fourth-order valence-electron chi connectivity index (χ4n) is 1.85. The van der Waals surface area contributed by atoms with Crippen LogP contribution >= 0.6 is 11.6 Å². The van der Waals surface area contributed by atoms with E-state index in [4.69, 9.17) is 21.4 Å². The highest BCUT2D eigenvalue weighted by molar-refractivity contribution is 6.30. The van der Waals surface area contributed by atoms with Crippen LogP contribution in [0.5, 0.6) is 11.8 Å². The van der Waals surface area contributed by atoms with Crippen LogP contribution in [0.4, 0.5) is 0 Å². The summed E-state index contributed by atoms with van der Waals surface area (Å²) >= 11 is 5.95. The van der Waals surface area contributed by atoms with E-state index in [9.17, 15) is 4.79 Å². The third-order valence-electron chi connectivity index (χ3n) is 2.81. The van der Waals surface area contributed by atoms with E-state index < -0.39 is 5.97 Å². The second-order valence-electron chi connectivity index (χ2n) is 4.43. The minimum atomic E-state index is -1.06. The predicted octanol–water partition coefficient (Wildman–Crippen LogP) is 3.55. The number of hydrogen-bond acceptors (Lipinski definition) is 4. The lowest BCUT2D eigenvalue weighted by Crippen LogP contribution is -2.05. The fourth-order valence-corrected chi connectivity index (χ4v) is 2.18. The van der Waals surface area contributed by atoms with E-state index in [1.807, 2.05) is 13.8 Å². The SMILES string of the molecule is Cc1cc(Cl)cc(C)c1Oc1ncc(C(=O)O)c(C)n1. The molecule has 1 heterocycles. The predicted molar refractivity (Wildman–Crippen MR) is 74.7 cm³/mol. The van der Waals surface area contributed by atoms with Gasteiger partial charge in [-0.25, -0.2) is 9.78 Å². The Morgan fingerprint density at radius 2 is 1.85 bits per heavy atom. The van der Waals surface area contributed by atoms with Crippen molar-refractivity contribution < 1.29 is 14.6 Å². The summed E-state index contributed by atoms with van der Waals surface area (Å²) < 4.78 is 5.64. The Bertz CT molecular complexity index is 663. The van der Waals surface area contributed by atoms with Crippen molar-refractivity contribution in [3.8, 4) is 11.8 Å². The zero-order valence-electron chi connectivity index (χ0n) is 11.3. The maximum Gasteiger partial charge on any atom is 0.339 e. The molecule has 0 amide bonds. The lowest BCUT2D eigenvalue weighted by Gasteiger charge is -2.11. The maximum atomic E-state index is 10.9. The quantitative estimate of drug-likeness (QED) is 0.936. The molecule has 5 nitrogen and oxygen atoms in total. The summed E-state index contributed by atoms with van der Waals surface area (Å²) in [5, 5.41) is 9.56. The molecule has 1 N–H and O–H groups in total. The minimum Gasteiger partial charge on any atom is -0.478 e. The molecule has 0 aliphatic rings. The first-order valence-electron chi connectivity index (χ1n) is 5.90. The van der Waals surface area contributed by atoms with Crippen molar-refractivity contribution in [1.82, 2.24) is 9.97 Å². The van der Waals surface area contributed by atoms with Crippen LogP contribution < -0.4 is 4.74 Å². The molecule has 0 aliphatic heterocycles. The van der Waals surface area contributed by atoms with Crippen LogP contribution in [0.1, 0.15) is 27.2 Å². The van der Waals surface area contributed by atoms with Gasteiger partial charge in [0.15, 0.2) is 0 Å². The smallest absolute Gasteiger partial charge is 0.339 e. The lowest BCUT2D eigenvalue weighted by atomic mass is 10.1. The summed E-state index contributed by atoms with van der Waals surface area (Å²) in [6.07, 6.45) is 1.24. The molecule has 6 heteroatoms. The van der Waals surface area contributed by atoms with Gasteiger partial charge in [0, 0.05) is 11.2 Å². The Hall–Kier alpha value is -2.14. The molecule has 0 spiro atoms. The number of aromatic carboxylic acids is 1. The van der Waals surface area contributed by atoms with Crippen molar-refractivity contribution in [1.29, 1.82) is 0 Å². The topological polar surface area (TPSA) is 72.3 Å². The van der Waals surface area contributed by atoms with E-state index in [0.29, 0.717) is 16.5 Å². The number of aryl methyl sites for hydroxylation is 3. The van der Waals surface area contributed by atoms with E-state index in [-0.39, 0.29) is 11.6 Å². The number of rotatable bonds is 3. The van der Waals surface area contributed by atoms with Crippen molar-refractivity contribution in [2.24, 2.45) is 0 Å². The molecular weight excluding hydrogens is 280 g/mol. The van der Waals surface area contributed by atoms with Gasteiger partial charge >= 0.3 is 12.0 Å². The van der Waals surface area contributed by atoms with Gasteiger partial charge in [0.1, 0.15) is 5.75 Å². The fraction of sp³-hybridized carbons (Fsp3) is 0.214. The summed E-state index contributed by atoms with van der Waals surface area (Å²) in [6, 6.07) is 3.67. The Balaban J connectivity index is 2.36. The highest BCUT2D eigenvalue weighted by Crippen LogP contribution is 2.30. The number of hydrogen-bond donors (Lipinski definition) is 1. The molecule has 2 rings (SSSR count).